The summed E-state index contributed by atoms with van der Waals surface area (Å²) in [6.07, 6.45) is 0.870. The molecule has 2 heterocycles. The fourth-order valence-electron chi connectivity index (χ4n) is 1.54. The zero-order chi connectivity index (χ0) is 10.8. The van der Waals surface area contributed by atoms with Crippen molar-refractivity contribution >= 4 is 34.3 Å². The van der Waals surface area contributed by atoms with Crippen LogP contribution in [-0.2, 0) is 6.42 Å². The maximum absolute atomic E-state index is 6.15. The first-order valence-electron chi connectivity index (χ1n) is 4.69. The molecule has 0 aliphatic carbocycles. The van der Waals surface area contributed by atoms with E-state index >= 15 is 0 Å². The molecule has 0 radical (unpaired) electrons. The second-order valence-electron chi connectivity index (χ2n) is 3.53. The van der Waals surface area contributed by atoms with Crippen molar-refractivity contribution in [2.45, 2.75) is 19.4 Å². The average Bonchev–Trinajstić information content (AvgIpc) is 2.75. The van der Waals surface area contributed by atoms with E-state index in [9.17, 15) is 0 Å². The van der Waals surface area contributed by atoms with Crippen molar-refractivity contribution < 1.29 is 0 Å². The van der Waals surface area contributed by atoms with Crippen molar-refractivity contribution in [2.75, 3.05) is 0 Å². The van der Waals surface area contributed by atoms with Crippen LogP contribution in [0.2, 0.25) is 4.34 Å². The van der Waals surface area contributed by atoms with Gasteiger partial charge in [0.2, 0.25) is 0 Å². The summed E-state index contributed by atoms with van der Waals surface area (Å²) in [5.74, 6) is 0. The number of halogens is 1. The summed E-state index contributed by atoms with van der Waals surface area (Å²) in [5.41, 5.74) is 8.69. The lowest BCUT2D eigenvalue weighted by atomic mass is 10.0. The Morgan fingerprint density at radius 2 is 2.20 bits per heavy atom. The van der Waals surface area contributed by atoms with Gasteiger partial charge in [-0.2, -0.15) is 11.3 Å². The molecule has 1 atom stereocenters. The molecule has 2 N–H and O–H groups in total. The van der Waals surface area contributed by atoms with E-state index in [1.807, 2.05) is 6.07 Å². The van der Waals surface area contributed by atoms with Gasteiger partial charge in [0.05, 0.1) is 4.34 Å². The van der Waals surface area contributed by atoms with E-state index in [0.717, 1.165) is 10.8 Å². The minimum absolute atomic E-state index is 0.0889. The number of nitrogens with two attached hydrogens (primary N) is 1. The normalized spacial score (nSPS) is 13.0. The zero-order valence-electron chi connectivity index (χ0n) is 8.37. The number of hydrogen-bond acceptors (Lipinski definition) is 3. The van der Waals surface area contributed by atoms with Gasteiger partial charge in [-0.3, -0.25) is 0 Å². The molecule has 2 aromatic rings. The number of hydrogen-bond donors (Lipinski definition) is 1. The fourth-order valence-corrected chi connectivity index (χ4v) is 3.60. The third-order valence-corrected chi connectivity index (χ3v) is 4.48. The lowest BCUT2D eigenvalue weighted by molar-refractivity contribution is 0.728. The van der Waals surface area contributed by atoms with Crippen LogP contribution in [0.15, 0.2) is 22.9 Å². The molecule has 15 heavy (non-hydrogen) atoms. The van der Waals surface area contributed by atoms with Gasteiger partial charge in [0.25, 0.3) is 0 Å². The summed E-state index contributed by atoms with van der Waals surface area (Å²) in [5, 5.41) is 4.27. The zero-order valence-corrected chi connectivity index (χ0v) is 10.8. The van der Waals surface area contributed by atoms with Crippen LogP contribution in [0.4, 0.5) is 0 Å². The van der Waals surface area contributed by atoms with Gasteiger partial charge in [0, 0.05) is 17.3 Å². The number of rotatable bonds is 3. The van der Waals surface area contributed by atoms with Crippen molar-refractivity contribution in [1.82, 2.24) is 0 Å². The topological polar surface area (TPSA) is 26.0 Å². The van der Waals surface area contributed by atoms with E-state index in [2.05, 4.69) is 23.8 Å². The quantitative estimate of drug-likeness (QED) is 0.883. The van der Waals surface area contributed by atoms with E-state index in [-0.39, 0.29) is 6.04 Å². The third-order valence-electron chi connectivity index (χ3n) is 2.34. The van der Waals surface area contributed by atoms with E-state index < -0.39 is 0 Å². The third kappa shape index (κ3) is 2.61. The summed E-state index contributed by atoms with van der Waals surface area (Å²) in [7, 11) is 0. The van der Waals surface area contributed by atoms with Crippen LogP contribution in [0.1, 0.15) is 22.0 Å². The molecule has 0 aliphatic rings. The SMILES string of the molecule is Cc1cscc1C(N)Cc1ccc(Cl)s1. The predicted molar refractivity (Wildman–Crippen MR) is 69.0 cm³/mol. The van der Waals surface area contributed by atoms with Gasteiger partial charge in [0.15, 0.2) is 0 Å². The lowest BCUT2D eigenvalue weighted by Gasteiger charge is -2.09. The van der Waals surface area contributed by atoms with E-state index in [1.165, 1.54) is 16.0 Å². The van der Waals surface area contributed by atoms with Crippen molar-refractivity contribution in [1.29, 1.82) is 0 Å². The molecule has 1 unspecified atom stereocenters. The van der Waals surface area contributed by atoms with Gasteiger partial charge in [0.1, 0.15) is 0 Å². The maximum Gasteiger partial charge on any atom is 0.0931 e. The molecule has 0 spiro atoms. The van der Waals surface area contributed by atoms with Crippen LogP contribution in [0, 0.1) is 6.92 Å². The lowest BCUT2D eigenvalue weighted by Crippen LogP contribution is -2.12. The molecule has 0 fully saturated rings. The Morgan fingerprint density at radius 3 is 2.73 bits per heavy atom. The molecule has 2 aromatic heterocycles. The molecule has 80 valence electrons. The molecule has 4 heteroatoms. The number of aryl methyl sites for hydroxylation is 1. The Kier molecular flexibility index (Phi) is 3.46. The molecular weight excluding hydrogens is 246 g/mol. The minimum Gasteiger partial charge on any atom is -0.324 e. The highest BCUT2D eigenvalue weighted by Gasteiger charge is 2.11. The Bertz CT molecular complexity index is 447. The van der Waals surface area contributed by atoms with Gasteiger partial charge in [-0.1, -0.05) is 11.6 Å². The second kappa shape index (κ2) is 4.66. The van der Waals surface area contributed by atoms with Crippen LogP contribution in [0.3, 0.4) is 0 Å². The van der Waals surface area contributed by atoms with Gasteiger partial charge >= 0.3 is 0 Å². The molecule has 0 amide bonds. The highest BCUT2D eigenvalue weighted by atomic mass is 35.5. The Morgan fingerprint density at radius 1 is 1.40 bits per heavy atom. The van der Waals surface area contributed by atoms with Crippen LogP contribution < -0.4 is 5.73 Å². The smallest absolute Gasteiger partial charge is 0.0931 e. The van der Waals surface area contributed by atoms with Crippen molar-refractivity contribution in [3.05, 3.63) is 43.2 Å². The summed E-state index contributed by atoms with van der Waals surface area (Å²) in [4.78, 5) is 1.25. The molecule has 0 saturated heterocycles. The maximum atomic E-state index is 6.15. The monoisotopic (exact) mass is 257 g/mol. The van der Waals surface area contributed by atoms with Crippen molar-refractivity contribution in [2.24, 2.45) is 5.73 Å². The molecule has 0 bridgehead atoms. The van der Waals surface area contributed by atoms with E-state index in [0.29, 0.717) is 0 Å². The van der Waals surface area contributed by atoms with Crippen LogP contribution >= 0.6 is 34.3 Å². The summed E-state index contributed by atoms with van der Waals surface area (Å²) >= 11 is 9.20. The van der Waals surface area contributed by atoms with Gasteiger partial charge in [-0.25, -0.2) is 0 Å². The highest BCUT2D eigenvalue weighted by Crippen LogP contribution is 2.27. The molecular formula is C11H12ClNS2. The van der Waals surface area contributed by atoms with E-state index in [4.69, 9.17) is 17.3 Å². The molecule has 0 aliphatic heterocycles. The molecule has 2 rings (SSSR count). The predicted octanol–water partition coefficient (Wildman–Crippen LogP) is 4.01. The van der Waals surface area contributed by atoms with Crippen molar-refractivity contribution in [3.8, 4) is 0 Å². The highest BCUT2D eigenvalue weighted by molar-refractivity contribution is 7.16. The van der Waals surface area contributed by atoms with Gasteiger partial charge in [-0.05, 0) is 40.9 Å². The Balaban J connectivity index is 2.10. The first kappa shape index (κ1) is 11.1. The van der Waals surface area contributed by atoms with Crippen LogP contribution in [0.25, 0.3) is 0 Å². The van der Waals surface area contributed by atoms with Crippen molar-refractivity contribution in [3.63, 3.8) is 0 Å². The first-order valence-corrected chi connectivity index (χ1v) is 6.83. The molecule has 1 nitrogen and oxygen atoms in total. The van der Waals surface area contributed by atoms with Crippen LogP contribution in [0.5, 0.6) is 0 Å². The largest absolute Gasteiger partial charge is 0.324 e. The van der Waals surface area contributed by atoms with Crippen LogP contribution in [-0.4, -0.2) is 0 Å². The van der Waals surface area contributed by atoms with Gasteiger partial charge < -0.3 is 5.73 Å². The Hall–Kier alpha value is -0.350. The summed E-state index contributed by atoms with van der Waals surface area (Å²) in [6.45, 7) is 2.10. The fraction of sp³-hybridized carbons (Fsp3) is 0.273. The first-order chi connectivity index (χ1) is 7.16. The number of thiophene rings is 2. The summed E-state index contributed by atoms with van der Waals surface area (Å²) < 4.78 is 0.833. The second-order valence-corrected chi connectivity index (χ2v) is 6.07. The minimum atomic E-state index is 0.0889. The molecule has 0 saturated carbocycles. The average molecular weight is 258 g/mol. The molecule has 0 aromatic carbocycles. The Labute approximate surface area is 103 Å². The summed E-state index contributed by atoms with van der Waals surface area (Å²) in [6, 6.07) is 4.06. The standard InChI is InChI=1S/C11H12ClNS2/c1-7-5-14-6-9(7)10(13)4-8-2-3-11(12)15-8/h2-3,5-6,10H,4,13H2,1H3. The van der Waals surface area contributed by atoms with E-state index in [1.54, 1.807) is 22.7 Å². The van der Waals surface area contributed by atoms with Gasteiger partial charge in [-0.15, -0.1) is 11.3 Å².